The smallest absolute Gasteiger partial charge is 0.166 e. The largest absolute Gasteiger partial charge is 0.506 e. The summed E-state index contributed by atoms with van der Waals surface area (Å²) >= 11 is 0. The van der Waals surface area contributed by atoms with Gasteiger partial charge in [-0.25, -0.2) is 0 Å². The van der Waals surface area contributed by atoms with Crippen LogP contribution < -0.4 is 0 Å². The molecular weight excluding hydrogens is 280 g/mol. The molecule has 1 aromatic carbocycles. The molecule has 0 saturated carbocycles. The lowest BCUT2D eigenvalue weighted by molar-refractivity contribution is 0.0977. The molecule has 4 heteroatoms. The lowest BCUT2D eigenvalue weighted by Crippen LogP contribution is -2.09. The van der Waals surface area contributed by atoms with E-state index in [0.717, 1.165) is 0 Å². The van der Waals surface area contributed by atoms with E-state index in [4.69, 9.17) is 0 Å². The lowest BCUT2D eigenvalue weighted by atomic mass is 9.93. The Balaban J connectivity index is 3.39. The Kier molecular flexibility index (Phi) is 6.96. The van der Waals surface area contributed by atoms with Gasteiger partial charge >= 0.3 is 0 Å². The summed E-state index contributed by atoms with van der Waals surface area (Å²) in [5.41, 5.74) is 0.505. The number of aromatic hydroxyl groups is 1. The Bertz CT molecular complexity index is 533. The SMILES string of the molecule is CCCC(=O)c1cc(C(=O)CCC)c(O)c(C(=O)CCC)c1. The number of rotatable bonds is 9. The van der Waals surface area contributed by atoms with Gasteiger partial charge in [-0.3, -0.25) is 14.4 Å². The third-order valence-electron chi connectivity index (χ3n) is 3.46. The molecule has 0 radical (unpaired) electrons. The van der Waals surface area contributed by atoms with Gasteiger partial charge in [-0.05, 0) is 31.4 Å². The number of carbonyl (C=O) groups is 3. The van der Waals surface area contributed by atoms with Crippen molar-refractivity contribution in [2.24, 2.45) is 0 Å². The van der Waals surface area contributed by atoms with Crippen molar-refractivity contribution in [1.82, 2.24) is 0 Å². The van der Waals surface area contributed by atoms with Gasteiger partial charge in [-0.1, -0.05) is 20.8 Å². The predicted octanol–water partition coefficient (Wildman–Crippen LogP) is 4.34. The van der Waals surface area contributed by atoms with Crippen molar-refractivity contribution in [1.29, 1.82) is 0 Å². The van der Waals surface area contributed by atoms with Gasteiger partial charge < -0.3 is 5.11 Å². The molecule has 0 atom stereocenters. The Labute approximate surface area is 131 Å². The summed E-state index contributed by atoms with van der Waals surface area (Å²) in [6.07, 6.45) is 2.89. The first kappa shape index (κ1) is 18.1. The highest BCUT2D eigenvalue weighted by atomic mass is 16.3. The van der Waals surface area contributed by atoms with Gasteiger partial charge in [0, 0.05) is 24.8 Å². The zero-order valence-corrected chi connectivity index (χ0v) is 13.6. The Morgan fingerprint density at radius 1 is 0.773 bits per heavy atom. The van der Waals surface area contributed by atoms with Crippen molar-refractivity contribution < 1.29 is 19.5 Å². The number of carbonyl (C=O) groups excluding carboxylic acids is 3. The number of phenols is 1. The van der Waals surface area contributed by atoms with Crippen molar-refractivity contribution in [3.63, 3.8) is 0 Å². The maximum absolute atomic E-state index is 12.1. The summed E-state index contributed by atoms with van der Waals surface area (Å²) in [5, 5.41) is 10.3. The molecule has 0 unspecified atom stereocenters. The van der Waals surface area contributed by atoms with Gasteiger partial charge in [0.05, 0.1) is 11.1 Å². The van der Waals surface area contributed by atoms with Crippen LogP contribution >= 0.6 is 0 Å². The first-order valence-corrected chi connectivity index (χ1v) is 7.92. The maximum atomic E-state index is 12.1. The van der Waals surface area contributed by atoms with Crippen LogP contribution in [0.2, 0.25) is 0 Å². The number of hydrogen-bond donors (Lipinski definition) is 1. The molecule has 22 heavy (non-hydrogen) atoms. The molecule has 0 fully saturated rings. The second-order valence-corrected chi connectivity index (χ2v) is 5.44. The van der Waals surface area contributed by atoms with Crippen molar-refractivity contribution in [3.8, 4) is 5.75 Å². The van der Waals surface area contributed by atoms with E-state index in [9.17, 15) is 19.5 Å². The fraction of sp³-hybridized carbons (Fsp3) is 0.500. The van der Waals surface area contributed by atoms with Crippen molar-refractivity contribution in [3.05, 3.63) is 28.8 Å². The molecule has 0 amide bonds. The highest BCUT2D eigenvalue weighted by molar-refractivity contribution is 6.09. The van der Waals surface area contributed by atoms with Crippen LogP contribution in [0.3, 0.4) is 0 Å². The molecule has 0 aromatic heterocycles. The van der Waals surface area contributed by atoms with Gasteiger partial charge in [-0.15, -0.1) is 0 Å². The van der Waals surface area contributed by atoms with E-state index < -0.39 is 0 Å². The number of phenolic OH excluding ortho intramolecular Hbond substituents is 1. The number of ketones is 3. The fourth-order valence-corrected chi connectivity index (χ4v) is 2.32. The van der Waals surface area contributed by atoms with Crippen LogP contribution in [0, 0.1) is 0 Å². The molecule has 0 aliphatic carbocycles. The molecule has 0 heterocycles. The van der Waals surface area contributed by atoms with E-state index in [1.807, 2.05) is 20.8 Å². The number of benzene rings is 1. The van der Waals surface area contributed by atoms with E-state index >= 15 is 0 Å². The molecule has 4 nitrogen and oxygen atoms in total. The summed E-state index contributed by atoms with van der Waals surface area (Å²) in [5.74, 6) is -0.878. The minimum atomic E-state index is -0.287. The summed E-state index contributed by atoms with van der Waals surface area (Å²) in [4.78, 5) is 36.4. The van der Waals surface area contributed by atoms with Crippen molar-refractivity contribution in [2.45, 2.75) is 59.3 Å². The normalized spacial score (nSPS) is 10.5. The van der Waals surface area contributed by atoms with Gasteiger partial charge in [0.1, 0.15) is 5.75 Å². The molecule has 1 rings (SSSR count). The lowest BCUT2D eigenvalue weighted by Gasteiger charge is -2.11. The molecule has 1 aromatic rings. The van der Waals surface area contributed by atoms with E-state index in [-0.39, 0.29) is 47.1 Å². The first-order valence-electron chi connectivity index (χ1n) is 7.92. The zero-order valence-electron chi connectivity index (χ0n) is 13.6. The van der Waals surface area contributed by atoms with Crippen LogP contribution in [0.4, 0.5) is 0 Å². The fourth-order valence-electron chi connectivity index (χ4n) is 2.32. The first-order chi connectivity index (χ1) is 10.5. The molecule has 1 N–H and O–H groups in total. The molecule has 0 aliphatic heterocycles. The van der Waals surface area contributed by atoms with Gasteiger partial charge in [-0.2, -0.15) is 0 Å². The summed E-state index contributed by atoms with van der Waals surface area (Å²) in [7, 11) is 0. The second-order valence-electron chi connectivity index (χ2n) is 5.44. The van der Waals surface area contributed by atoms with E-state index in [2.05, 4.69) is 0 Å². The summed E-state index contributed by atoms with van der Waals surface area (Å²) in [6.45, 7) is 5.62. The molecule has 0 bridgehead atoms. The van der Waals surface area contributed by atoms with Crippen LogP contribution in [-0.4, -0.2) is 22.5 Å². The Hall–Kier alpha value is -1.97. The predicted molar refractivity (Wildman–Crippen MR) is 85.8 cm³/mol. The third-order valence-corrected chi connectivity index (χ3v) is 3.46. The third kappa shape index (κ3) is 4.26. The standard InChI is InChI=1S/C18H24O4/c1-4-7-15(19)12-10-13(16(20)8-5-2)18(22)14(11-12)17(21)9-6-3/h10-11,22H,4-9H2,1-3H3. The van der Waals surface area contributed by atoms with Crippen LogP contribution in [0.25, 0.3) is 0 Å². The number of hydrogen-bond acceptors (Lipinski definition) is 4. The summed E-state index contributed by atoms with van der Waals surface area (Å²) < 4.78 is 0. The molecule has 0 aliphatic rings. The summed E-state index contributed by atoms with van der Waals surface area (Å²) in [6, 6.07) is 2.85. The van der Waals surface area contributed by atoms with Gasteiger partial charge in [0.2, 0.25) is 0 Å². The van der Waals surface area contributed by atoms with E-state index in [1.54, 1.807) is 0 Å². The average molecular weight is 304 g/mol. The quantitative estimate of drug-likeness (QED) is 0.689. The Morgan fingerprint density at radius 2 is 1.14 bits per heavy atom. The minimum Gasteiger partial charge on any atom is -0.506 e. The van der Waals surface area contributed by atoms with Crippen molar-refractivity contribution >= 4 is 17.3 Å². The monoisotopic (exact) mass is 304 g/mol. The Morgan fingerprint density at radius 3 is 1.50 bits per heavy atom. The molecule has 0 saturated heterocycles. The minimum absolute atomic E-state index is 0.0863. The second kappa shape index (κ2) is 8.47. The van der Waals surface area contributed by atoms with Crippen LogP contribution in [0.5, 0.6) is 5.75 Å². The van der Waals surface area contributed by atoms with Crippen LogP contribution in [0.15, 0.2) is 12.1 Å². The van der Waals surface area contributed by atoms with E-state index in [0.29, 0.717) is 31.2 Å². The molecule has 0 spiro atoms. The number of Topliss-reactive ketones (excluding diaryl/α,β-unsaturated/α-hetero) is 3. The van der Waals surface area contributed by atoms with Gasteiger partial charge in [0.15, 0.2) is 17.3 Å². The van der Waals surface area contributed by atoms with Crippen LogP contribution in [-0.2, 0) is 0 Å². The van der Waals surface area contributed by atoms with E-state index in [1.165, 1.54) is 12.1 Å². The highest BCUT2D eigenvalue weighted by Crippen LogP contribution is 2.28. The molecule has 120 valence electrons. The average Bonchev–Trinajstić information content (AvgIpc) is 2.48. The highest BCUT2D eigenvalue weighted by Gasteiger charge is 2.21. The van der Waals surface area contributed by atoms with Gasteiger partial charge in [0.25, 0.3) is 0 Å². The maximum Gasteiger partial charge on any atom is 0.166 e. The van der Waals surface area contributed by atoms with Crippen LogP contribution in [0.1, 0.15) is 90.4 Å². The molecular formula is C18H24O4. The topological polar surface area (TPSA) is 71.4 Å². The van der Waals surface area contributed by atoms with Crippen molar-refractivity contribution in [2.75, 3.05) is 0 Å². The zero-order chi connectivity index (χ0) is 16.7.